The van der Waals surface area contributed by atoms with E-state index in [0.29, 0.717) is 11.3 Å². The van der Waals surface area contributed by atoms with Gasteiger partial charge in [0.25, 0.3) is 0 Å². The molecule has 1 atom stereocenters. The van der Waals surface area contributed by atoms with E-state index in [1.54, 1.807) is 25.1 Å². The summed E-state index contributed by atoms with van der Waals surface area (Å²) in [6.07, 6.45) is 0. The number of nitrogens with one attached hydrogen (secondary N) is 1. The zero-order valence-electron chi connectivity index (χ0n) is 9.81. The molecule has 18 heavy (non-hydrogen) atoms. The van der Waals surface area contributed by atoms with Gasteiger partial charge in [0.05, 0.1) is 0 Å². The van der Waals surface area contributed by atoms with Crippen LogP contribution in [0.25, 0.3) is 0 Å². The Morgan fingerprint density at radius 2 is 2.22 bits per heavy atom. The number of rotatable bonds is 3. The van der Waals surface area contributed by atoms with Gasteiger partial charge in [-0.15, -0.1) is 11.3 Å². The fraction of sp³-hybridized carbons (Fsp3) is 0.154. The van der Waals surface area contributed by atoms with Crippen molar-refractivity contribution in [3.8, 4) is 0 Å². The lowest BCUT2D eigenvalue weighted by atomic mass is 10.2. The van der Waals surface area contributed by atoms with Gasteiger partial charge in [-0.3, -0.25) is 4.79 Å². The van der Waals surface area contributed by atoms with E-state index in [1.807, 2.05) is 11.4 Å². The Kier molecular flexibility index (Phi) is 3.74. The number of nitrogens with two attached hydrogens (primary N) is 1. The van der Waals surface area contributed by atoms with Crippen LogP contribution in [0, 0.1) is 12.7 Å². The van der Waals surface area contributed by atoms with Crippen LogP contribution in [0.3, 0.4) is 0 Å². The van der Waals surface area contributed by atoms with Crippen molar-refractivity contribution in [2.75, 3.05) is 5.32 Å². The first-order chi connectivity index (χ1) is 8.58. The molecule has 0 aliphatic rings. The number of amides is 1. The van der Waals surface area contributed by atoms with E-state index in [4.69, 9.17) is 5.73 Å². The molecule has 5 heteroatoms. The van der Waals surface area contributed by atoms with Crippen molar-refractivity contribution >= 4 is 22.9 Å². The van der Waals surface area contributed by atoms with Gasteiger partial charge in [-0.2, -0.15) is 0 Å². The minimum Gasteiger partial charge on any atom is -0.324 e. The van der Waals surface area contributed by atoms with E-state index >= 15 is 0 Å². The molecule has 1 aromatic carbocycles. The molecule has 0 saturated carbocycles. The predicted molar refractivity (Wildman–Crippen MR) is 71.0 cm³/mol. The third kappa shape index (κ3) is 2.75. The topological polar surface area (TPSA) is 55.1 Å². The number of carbonyl (C=O) groups is 1. The van der Waals surface area contributed by atoms with Crippen molar-refractivity contribution in [3.05, 3.63) is 52.0 Å². The number of thiophene rings is 1. The Morgan fingerprint density at radius 1 is 1.44 bits per heavy atom. The molecular formula is C13H13FN2OS. The van der Waals surface area contributed by atoms with Crippen LogP contribution in [-0.2, 0) is 4.79 Å². The summed E-state index contributed by atoms with van der Waals surface area (Å²) in [4.78, 5) is 12.6. The number of hydrogen-bond acceptors (Lipinski definition) is 3. The van der Waals surface area contributed by atoms with Crippen LogP contribution in [-0.4, -0.2) is 5.91 Å². The van der Waals surface area contributed by atoms with E-state index in [1.165, 1.54) is 17.4 Å². The molecule has 1 unspecified atom stereocenters. The number of halogens is 1. The predicted octanol–water partition coefficient (Wildman–Crippen LogP) is 2.83. The second kappa shape index (κ2) is 5.29. The van der Waals surface area contributed by atoms with Crippen molar-refractivity contribution in [2.45, 2.75) is 13.0 Å². The Hall–Kier alpha value is -1.72. The molecule has 2 aromatic rings. The molecule has 2 rings (SSSR count). The van der Waals surface area contributed by atoms with Crippen molar-refractivity contribution in [3.63, 3.8) is 0 Å². The van der Waals surface area contributed by atoms with Crippen LogP contribution >= 0.6 is 11.3 Å². The highest BCUT2D eigenvalue weighted by atomic mass is 32.1. The summed E-state index contributed by atoms with van der Waals surface area (Å²) in [5.74, 6) is -0.696. The smallest absolute Gasteiger partial charge is 0.246 e. The van der Waals surface area contributed by atoms with Gasteiger partial charge in [0.2, 0.25) is 5.91 Å². The zero-order valence-corrected chi connectivity index (χ0v) is 10.6. The van der Waals surface area contributed by atoms with Crippen LogP contribution in [0.4, 0.5) is 10.1 Å². The lowest BCUT2D eigenvalue weighted by Gasteiger charge is -2.11. The van der Waals surface area contributed by atoms with Gasteiger partial charge < -0.3 is 11.1 Å². The molecule has 94 valence electrons. The summed E-state index contributed by atoms with van der Waals surface area (Å²) in [5.41, 5.74) is 6.75. The molecule has 0 spiro atoms. The van der Waals surface area contributed by atoms with Gasteiger partial charge in [0.15, 0.2) is 0 Å². The highest BCUT2D eigenvalue weighted by Crippen LogP contribution is 2.19. The molecule has 1 aromatic heterocycles. The maximum Gasteiger partial charge on any atom is 0.246 e. The summed E-state index contributed by atoms with van der Waals surface area (Å²) >= 11 is 1.42. The summed E-state index contributed by atoms with van der Waals surface area (Å²) in [6, 6.07) is 7.45. The third-order valence-corrected chi connectivity index (χ3v) is 3.53. The second-order valence-corrected chi connectivity index (χ2v) is 4.93. The van der Waals surface area contributed by atoms with Gasteiger partial charge >= 0.3 is 0 Å². The minimum atomic E-state index is -0.727. The number of hydrogen-bond donors (Lipinski definition) is 2. The molecule has 0 radical (unpaired) electrons. The van der Waals surface area contributed by atoms with Crippen molar-refractivity contribution in [1.29, 1.82) is 0 Å². The summed E-state index contributed by atoms with van der Waals surface area (Å²) in [6.45, 7) is 1.66. The first-order valence-corrected chi connectivity index (χ1v) is 6.32. The van der Waals surface area contributed by atoms with Gasteiger partial charge in [-0.05, 0) is 36.1 Å². The fourth-order valence-electron chi connectivity index (χ4n) is 1.49. The zero-order chi connectivity index (χ0) is 13.1. The van der Waals surface area contributed by atoms with Gasteiger partial charge in [-0.1, -0.05) is 12.1 Å². The van der Waals surface area contributed by atoms with Crippen molar-refractivity contribution < 1.29 is 9.18 Å². The summed E-state index contributed by atoms with van der Waals surface area (Å²) < 4.78 is 13.3. The Bertz CT molecular complexity index is 554. The molecule has 0 aliphatic carbocycles. The van der Waals surface area contributed by atoms with Gasteiger partial charge in [0.1, 0.15) is 11.9 Å². The molecule has 0 saturated heterocycles. The molecule has 3 N–H and O–H groups in total. The summed E-state index contributed by atoms with van der Waals surface area (Å²) in [7, 11) is 0. The average Bonchev–Trinajstić information content (AvgIpc) is 2.86. The monoisotopic (exact) mass is 264 g/mol. The maximum atomic E-state index is 13.3. The maximum absolute atomic E-state index is 13.3. The third-order valence-electron chi connectivity index (χ3n) is 2.57. The first-order valence-electron chi connectivity index (χ1n) is 5.44. The molecule has 1 heterocycles. The van der Waals surface area contributed by atoms with Gasteiger partial charge in [0, 0.05) is 10.6 Å². The van der Waals surface area contributed by atoms with Crippen molar-refractivity contribution in [2.24, 2.45) is 5.73 Å². The van der Waals surface area contributed by atoms with E-state index < -0.39 is 6.04 Å². The summed E-state index contributed by atoms with van der Waals surface area (Å²) in [5, 5.41) is 4.46. The van der Waals surface area contributed by atoms with Crippen LogP contribution in [0.1, 0.15) is 16.5 Å². The van der Waals surface area contributed by atoms with Crippen molar-refractivity contribution in [1.82, 2.24) is 0 Å². The average molecular weight is 264 g/mol. The van der Waals surface area contributed by atoms with Crippen LogP contribution in [0.5, 0.6) is 0 Å². The number of aryl methyl sites for hydroxylation is 1. The van der Waals surface area contributed by atoms with Gasteiger partial charge in [-0.25, -0.2) is 4.39 Å². The number of benzene rings is 1. The SMILES string of the molecule is Cc1ccc(NC(=O)C(N)c2cccs2)cc1F. The van der Waals surface area contributed by atoms with E-state index in [9.17, 15) is 9.18 Å². The number of anilines is 1. The Balaban J connectivity index is 2.09. The van der Waals surface area contributed by atoms with Crippen LogP contribution in [0.15, 0.2) is 35.7 Å². The highest BCUT2D eigenvalue weighted by molar-refractivity contribution is 7.10. The lowest BCUT2D eigenvalue weighted by molar-refractivity contribution is -0.117. The molecule has 0 bridgehead atoms. The molecule has 3 nitrogen and oxygen atoms in total. The standard InChI is InChI=1S/C13H13FN2OS/c1-8-4-5-9(7-10(8)14)16-13(17)12(15)11-3-2-6-18-11/h2-7,12H,15H2,1H3,(H,16,17). The highest BCUT2D eigenvalue weighted by Gasteiger charge is 2.16. The fourth-order valence-corrected chi connectivity index (χ4v) is 2.21. The normalized spacial score (nSPS) is 12.2. The minimum absolute atomic E-state index is 0.347. The number of carbonyl (C=O) groups excluding carboxylic acids is 1. The lowest BCUT2D eigenvalue weighted by Crippen LogP contribution is -2.27. The molecule has 0 aliphatic heterocycles. The van der Waals surface area contributed by atoms with Crippen LogP contribution < -0.4 is 11.1 Å². The van der Waals surface area contributed by atoms with E-state index in [2.05, 4.69) is 5.32 Å². The van der Waals surface area contributed by atoms with E-state index in [-0.39, 0.29) is 11.7 Å². The first kappa shape index (κ1) is 12.7. The quantitative estimate of drug-likeness (QED) is 0.895. The largest absolute Gasteiger partial charge is 0.324 e. The second-order valence-electron chi connectivity index (χ2n) is 3.95. The molecule has 1 amide bonds. The molecule has 0 fully saturated rings. The Labute approximate surface area is 108 Å². The molecular weight excluding hydrogens is 251 g/mol. The Morgan fingerprint density at radius 3 is 2.83 bits per heavy atom. The van der Waals surface area contributed by atoms with Crippen LogP contribution in [0.2, 0.25) is 0 Å². The van der Waals surface area contributed by atoms with E-state index in [0.717, 1.165) is 4.88 Å².